The number of fused-ring (bicyclic) bond motifs is 3. The van der Waals surface area contributed by atoms with Crippen LogP contribution in [-0.4, -0.2) is 52.6 Å². The van der Waals surface area contributed by atoms with Crippen molar-refractivity contribution in [2.75, 3.05) is 37.3 Å². The summed E-state index contributed by atoms with van der Waals surface area (Å²) in [6.45, 7) is 7.22. The molecule has 1 fully saturated rings. The van der Waals surface area contributed by atoms with Gasteiger partial charge in [-0.05, 0) is 64.3 Å². The molecular formula is C18H26N6. The molecule has 1 saturated heterocycles. The van der Waals surface area contributed by atoms with E-state index in [0.717, 1.165) is 61.4 Å². The van der Waals surface area contributed by atoms with Crippen molar-refractivity contribution in [3.05, 3.63) is 16.8 Å². The van der Waals surface area contributed by atoms with Crippen LogP contribution in [0.1, 0.15) is 36.6 Å². The first-order valence-corrected chi connectivity index (χ1v) is 9.04. The summed E-state index contributed by atoms with van der Waals surface area (Å²) in [6, 6.07) is 0.414. The molecule has 2 aromatic heterocycles. The van der Waals surface area contributed by atoms with Crippen LogP contribution in [0.4, 0.5) is 11.8 Å². The molecule has 0 aromatic carbocycles. The lowest BCUT2D eigenvalue weighted by molar-refractivity contribution is 0.414. The number of pyridine rings is 1. The Morgan fingerprint density at radius 2 is 2.00 bits per heavy atom. The Bertz CT molecular complexity index is 772. The Morgan fingerprint density at radius 3 is 2.75 bits per heavy atom. The number of rotatable bonds is 4. The summed E-state index contributed by atoms with van der Waals surface area (Å²) in [6.07, 6.45) is 4.57. The van der Waals surface area contributed by atoms with E-state index in [1.54, 1.807) is 0 Å². The van der Waals surface area contributed by atoms with Gasteiger partial charge in [-0.3, -0.25) is 0 Å². The highest BCUT2D eigenvalue weighted by molar-refractivity contribution is 5.92. The number of nitrogens with one attached hydrogen (secondary N) is 2. The van der Waals surface area contributed by atoms with Crippen LogP contribution in [-0.2, 0) is 12.8 Å². The van der Waals surface area contributed by atoms with E-state index in [4.69, 9.17) is 15.0 Å². The standard InChI is InChI=1S/C18H26N6/c1-4-19-16-15-14-7-5-6-13(14)11(2)20-17(15)23-18(22-16)21-12-8-9-24(3)10-12/h12H,4-10H2,1-3H3,(H2,19,20,21,22,23)/t12-/m1/s1. The first-order valence-electron chi connectivity index (χ1n) is 9.04. The molecule has 6 heteroatoms. The SMILES string of the molecule is CCNc1nc(N[C@@H]2CCN(C)C2)nc2nc(C)c3c(c12)CCC3. The third kappa shape index (κ3) is 2.69. The first-order chi connectivity index (χ1) is 11.7. The predicted octanol–water partition coefficient (Wildman–Crippen LogP) is 2.37. The summed E-state index contributed by atoms with van der Waals surface area (Å²) in [5.41, 5.74) is 4.76. The largest absolute Gasteiger partial charge is 0.370 e. The van der Waals surface area contributed by atoms with Crippen molar-refractivity contribution >= 4 is 22.8 Å². The number of anilines is 2. The Kier molecular flexibility index (Phi) is 4.00. The molecule has 6 nitrogen and oxygen atoms in total. The maximum atomic E-state index is 4.80. The van der Waals surface area contributed by atoms with Crippen LogP contribution < -0.4 is 10.6 Å². The fourth-order valence-corrected chi connectivity index (χ4v) is 4.05. The van der Waals surface area contributed by atoms with Gasteiger partial charge < -0.3 is 15.5 Å². The average Bonchev–Trinajstić information content (AvgIpc) is 3.17. The van der Waals surface area contributed by atoms with E-state index in [1.807, 2.05) is 0 Å². The molecule has 2 N–H and O–H groups in total. The van der Waals surface area contributed by atoms with Gasteiger partial charge in [-0.1, -0.05) is 0 Å². The number of aryl methyl sites for hydroxylation is 2. The van der Waals surface area contributed by atoms with E-state index in [9.17, 15) is 0 Å². The summed E-state index contributed by atoms with van der Waals surface area (Å²) in [5, 5.41) is 8.07. The second-order valence-corrected chi connectivity index (χ2v) is 7.02. The Hall–Kier alpha value is -1.95. The molecule has 0 saturated carbocycles. The highest BCUT2D eigenvalue weighted by atomic mass is 15.2. The van der Waals surface area contributed by atoms with Crippen LogP contribution in [0.2, 0.25) is 0 Å². The number of hydrogen-bond acceptors (Lipinski definition) is 6. The molecule has 3 heterocycles. The lowest BCUT2D eigenvalue weighted by Gasteiger charge is -2.17. The van der Waals surface area contributed by atoms with Crippen LogP contribution >= 0.6 is 0 Å². The first kappa shape index (κ1) is 15.6. The van der Waals surface area contributed by atoms with Gasteiger partial charge in [-0.25, -0.2) is 4.98 Å². The normalized spacial score (nSPS) is 20.5. The van der Waals surface area contributed by atoms with Gasteiger partial charge in [0.25, 0.3) is 0 Å². The van der Waals surface area contributed by atoms with E-state index in [2.05, 4.69) is 36.4 Å². The van der Waals surface area contributed by atoms with E-state index in [1.165, 1.54) is 17.5 Å². The van der Waals surface area contributed by atoms with Crippen LogP contribution in [0.5, 0.6) is 0 Å². The van der Waals surface area contributed by atoms with Gasteiger partial charge in [0.15, 0.2) is 5.65 Å². The van der Waals surface area contributed by atoms with Gasteiger partial charge in [-0.15, -0.1) is 0 Å². The molecule has 1 aliphatic carbocycles. The molecule has 0 amide bonds. The fraction of sp³-hybridized carbons (Fsp3) is 0.611. The molecule has 1 aliphatic heterocycles. The van der Waals surface area contributed by atoms with Crippen LogP contribution in [0, 0.1) is 6.92 Å². The second-order valence-electron chi connectivity index (χ2n) is 7.02. The third-order valence-electron chi connectivity index (χ3n) is 5.19. The highest BCUT2D eigenvalue weighted by Crippen LogP contribution is 2.34. The van der Waals surface area contributed by atoms with Crippen LogP contribution in [0.25, 0.3) is 11.0 Å². The lowest BCUT2D eigenvalue weighted by Crippen LogP contribution is -2.25. The minimum absolute atomic E-state index is 0.414. The quantitative estimate of drug-likeness (QED) is 0.899. The monoisotopic (exact) mass is 326 g/mol. The second kappa shape index (κ2) is 6.16. The summed E-state index contributed by atoms with van der Waals surface area (Å²) in [7, 11) is 2.15. The molecule has 0 bridgehead atoms. The third-order valence-corrected chi connectivity index (χ3v) is 5.19. The van der Waals surface area contributed by atoms with Gasteiger partial charge in [-0.2, -0.15) is 9.97 Å². The molecular weight excluding hydrogens is 300 g/mol. The van der Waals surface area contributed by atoms with Gasteiger partial charge in [0.05, 0.1) is 5.39 Å². The van der Waals surface area contributed by atoms with E-state index < -0.39 is 0 Å². The number of likely N-dealkylation sites (N-methyl/N-ethyl adjacent to an activating group) is 1. The van der Waals surface area contributed by atoms with Crippen molar-refractivity contribution in [1.29, 1.82) is 0 Å². The van der Waals surface area contributed by atoms with Gasteiger partial charge >= 0.3 is 0 Å². The lowest BCUT2D eigenvalue weighted by atomic mass is 10.1. The zero-order valence-electron chi connectivity index (χ0n) is 14.8. The molecule has 0 unspecified atom stereocenters. The Morgan fingerprint density at radius 1 is 1.17 bits per heavy atom. The van der Waals surface area contributed by atoms with Crippen molar-refractivity contribution in [1.82, 2.24) is 19.9 Å². The summed E-state index contributed by atoms with van der Waals surface area (Å²) >= 11 is 0. The van der Waals surface area contributed by atoms with E-state index in [-0.39, 0.29) is 0 Å². The van der Waals surface area contributed by atoms with Gasteiger partial charge in [0.2, 0.25) is 5.95 Å². The Balaban J connectivity index is 1.78. The molecule has 2 aromatic rings. The van der Waals surface area contributed by atoms with Crippen molar-refractivity contribution in [3.8, 4) is 0 Å². The predicted molar refractivity (Wildman–Crippen MR) is 97.8 cm³/mol. The van der Waals surface area contributed by atoms with Gasteiger partial charge in [0, 0.05) is 24.8 Å². The minimum atomic E-state index is 0.414. The number of likely N-dealkylation sites (tertiary alicyclic amines) is 1. The Labute approximate surface area is 143 Å². The van der Waals surface area contributed by atoms with Gasteiger partial charge in [0.1, 0.15) is 5.82 Å². The van der Waals surface area contributed by atoms with Crippen LogP contribution in [0.15, 0.2) is 0 Å². The average molecular weight is 326 g/mol. The topological polar surface area (TPSA) is 66.0 Å². The maximum absolute atomic E-state index is 4.80. The minimum Gasteiger partial charge on any atom is -0.370 e. The molecule has 128 valence electrons. The smallest absolute Gasteiger partial charge is 0.226 e. The number of hydrogen-bond donors (Lipinski definition) is 2. The zero-order valence-corrected chi connectivity index (χ0v) is 14.8. The highest BCUT2D eigenvalue weighted by Gasteiger charge is 2.24. The van der Waals surface area contributed by atoms with Crippen molar-refractivity contribution < 1.29 is 0 Å². The van der Waals surface area contributed by atoms with Crippen molar-refractivity contribution in [3.63, 3.8) is 0 Å². The van der Waals surface area contributed by atoms with Crippen molar-refractivity contribution in [2.45, 2.75) is 45.6 Å². The number of aromatic nitrogens is 3. The number of nitrogens with zero attached hydrogens (tertiary/aromatic N) is 4. The van der Waals surface area contributed by atoms with Crippen molar-refractivity contribution in [2.24, 2.45) is 0 Å². The summed E-state index contributed by atoms with van der Waals surface area (Å²) < 4.78 is 0. The molecule has 0 spiro atoms. The molecule has 4 rings (SSSR count). The zero-order chi connectivity index (χ0) is 16.7. The summed E-state index contributed by atoms with van der Waals surface area (Å²) in [5.74, 6) is 1.63. The molecule has 1 atom stereocenters. The summed E-state index contributed by atoms with van der Waals surface area (Å²) in [4.78, 5) is 16.7. The fourth-order valence-electron chi connectivity index (χ4n) is 4.05. The molecule has 24 heavy (non-hydrogen) atoms. The molecule has 0 radical (unpaired) electrons. The van der Waals surface area contributed by atoms with E-state index >= 15 is 0 Å². The molecule has 2 aliphatic rings. The maximum Gasteiger partial charge on any atom is 0.226 e. The van der Waals surface area contributed by atoms with Crippen LogP contribution in [0.3, 0.4) is 0 Å². The van der Waals surface area contributed by atoms with E-state index in [0.29, 0.717) is 12.0 Å².